The van der Waals surface area contributed by atoms with Crippen molar-refractivity contribution in [3.8, 4) is 5.75 Å². The Labute approximate surface area is 107 Å². The minimum absolute atomic E-state index is 0.650. The largest absolute Gasteiger partial charge is 0.460 e. The van der Waals surface area contributed by atoms with Gasteiger partial charge in [-0.25, -0.2) is 0 Å². The average Bonchev–Trinajstić information content (AvgIpc) is 2.34. The van der Waals surface area contributed by atoms with Gasteiger partial charge in [0, 0.05) is 18.0 Å². The molecule has 1 aromatic heterocycles. The van der Waals surface area contributed by atoms with E-state index in [9.17, 15) is 5.11 Å². The van der Waals surface area contributed by atoms with Crippen LogP contribution in [0.25, 0.3) is 0 Å². The molecule has 0 radical (unpaired) electrons. The van der Waals surface area contributed by atoms with E-state index in [0.717, 1.165) is 16.9 Å². The van der Waals surface area contributed by atoms with Crippen molar-refractivity contribution < 1.29 is 9.84 Å². The number of aliphatic hydroxyl groups is 1. The van der Waals surface area contributed by atoms with Gasteiger partial charge in [-0.1, -0.05) is 17.7 Å². The van der Waals surface area contributed by atoms with E-state index in [1.807, 2.05) is 32.9 Å². The Kier molecular flexibility index (Phi) is 3.63. The highest BCUT2D eigenvalue weighted by Gasteiger charge is 2.13. The van der Waals surface area contributed by atoms with Crippen LogP contribution in [0.4, 0.5) is 0 Å². The molecular weight excluding hydrogens is 226 g/mol. The van der Waals surface area contributed by atoms with Gasteiger partial charge in [0.05, 0.1) is 0 Å². The van der Waals surface area contributed by atoms with Gasteiger partial charge >= 0.3 is 0 Å². The Morgan fingerprint density at radius 3 is 2.39 bits per heavy atom. The lowest BCUT2D eigenvalue weighted by molar-refractivity contribution is -0.0206. The minimum atomic E-state index is -0.987. The van der Waals surface area contributed by atoms with Crippen LogP contribution >= 0.6 is 0 Å². The molecule has 94 valence electrons. The second-order valence-corrected chi connectivity index (χ2v) is 4.48. The Morgan fingerprint density at radius 2 is 1.83 bits per heavy atom. The van der Waals surface area contributed by atoms with Crippen LogP contribution in [-0.2, 0) is 0 Å². The molecule has 1 N–H and O–H groups in total. The van der Waals surface area contributed by atoms with Crippen molar-refractivity contribution in [3.05, 3.63) is 58.9 Å². The molecule has 3 nitrogen and oxygen atoms in total. The van der Waals surface area contributed by atoms with Crippen LogP contribution in [0.3, 0.4) is 0 Å². The molecule has 3 heteroatoms. The van der Waals surface area contributed by atoms with Gasteiger partial charge in [-0.15, -0.1) is 0 Å². The molecule has 0 fully saturated rings. The number of hydrogen-bond acceptors (Lipinski definition) is 3. The predicted molar refractivity (Wildman–Crippen MR) is 70.5 cm³/mol. The molecular formula is C15H17NO2. The van der Waals surface area contributed by atoms with E-state index >= 15 is 0 Å². The third kappa shape index (κ3) is 2.68. The first-order chi connectivity index (χ1) is 8.58. The number of pyridine rings is 1. The second kappa shape index (κ2) is 5.19. The van der Waals surface area contributed by atoms with Crippen LogP contribution in [0.15, 0.2) is 36.7 Å². The first-order valence-electron chi connectivity index (χ1n) is 5.90. The zero-order chi connectivity index (χ0) is 13.1. The third-order valence-electron chi connectivity index (χ3n) is 2.80. The summed E-state index contributed by atoms with van der Waals surface area (Å²) in [6.07, 6.45) is 2.28. The van der Waals surface area contributed by atoms with E-state index in [0.29, 0.717) is 5.56 Å². The summed E-state index contributed by atoms with van der Waals surface area (Å²) in [5.74, 6) is 0.733. The smallest absolute Gasteiger partial charge is 0.225 e. The zero-order valence-corrected chi connectivity index (χ0v) is 10.8. The highest BCUT2D eigenvalue weighted by Crippen LogP contribution is 2.28. The molecule has 0 aliphatic heterocycles. The van der Waals surface area contributed by atoms with Gasteiger partial charge in [-0.05, 0) is 44.0 Å². The summed E-state index contributed by atoms with van der Waals surface area (Å²) in [6.45, 7) is 6.00. The third-order valence-corrected chi connectivity index (χ3v) is 2.80. The fourth-order valence-corrected chi connectivity index (χ4v) is 2.05. The first kappa shape index (κ1) is 12.6. The number of rotatable bonds is 3. The van der Waals surface area contributed by atoms with E-state index < -0.39 is 6.29 Å². The lowest BCUT2D eigenvalue weighted by Gasteiger charge is -2.17. The van der Waals surface area contributed by atoms with Gasteiger partial charge in [0.15, 0.2) is 0 Å². The van der Waals surface area contributed by atoms with Crippen LogP contribution in [-0.4, -0.2) is 10.1 Å². The molecule has 2 rings (SSSR count). The van der Waals surface area contributed by atoms with Crippen molar-refractivity contribution in [1.29, 1.82) is 0 Å². The summed E-state index contributed by atoms with van der Waals surface area (Å²) in [7, 11) is 0. The van der Waals surface area contributed by atoms with E-state index in [4.69, 9.17) is 4.74 Å². The van der Waals surface area contributed by atoms with Crippen LogP contribution in [0, 0.1) is 20.8 Å². The van der Waals surface area contributed by atoms with Gasteiger partial charge in [0.25, 0.3) is 0 Å². The molecule has 1 unspecified atom stereocenters. The second-order valence-electron chi connectivity index (χ2n) is 4.48. The standard InChI is InChI=1S/C15H17NO2/c1-10-7-11(2)14(12(3)8-10)18-15(17)13-5-4-6-16-9-13/h4-9,15,17H,1-3H3. The van der Waals surface area contributed by atoms with Crippen molar-refractivity contribution in [2.45, 2.75) is 27.1 Å². The molecule has 0 aliphatic carbocycles. The molecule has 0 saturated heterocycles. The highest BCUT2D eigenvalue weighted by molar-refractivity contribution is 5.43. The summed E-state index contributed by atoms with van der Waals surface area (Å²) < 4.78 is 5.63. The molecule has 0 amide bonds. The van der Waals surface area contributed by atoms with E-state index in [1.165, 1.54) is 5.56 Å². The van der Waals surface area contributed by atoms with Gasteiger partial charge < -0.3 is 9.84 Å². The van der Waals surface area contributed by atoms with Crippen LogP contribution in [0.1, 0.15) is 28.5 Å². The number of nitrogens with zero attached hydrogens (tertiary/aromatic N) is 1. The molecule has 0 saturated carbocycles. The van der Waals surface area contributed by atoms with E-state index in [-0.39, 0.29) is 0 Å². The molecule has 0 bridgehead atoms. The van der Waals surface area contributed by atoms with Crippen LogP contribution < -0.4 is 4.74 Å². The molecule has 1 atom stereocenters. The Morgan fingerprint density at radius 1 is 1.17 bits per heavy atom. The quantitative estimate of drug-likeness (QED) is 0.842. The number of benzene rings is 1. The van der Waals surface area contributed by atoms with Crippen molar-refractivity contribution in [2.75, 3.05) is 0 Å². The molecule has 0 aliphatic rings. The maximum Gasteiger partial charge on any atom is 0.225 e. The maximum absolute atomic E-state index is 10.0. The average molecular weight is 243 g/mol. The lowest BCUT2D eigenvalue weighted by Crippen LogP contribution is -2.08. The first-order valence-corrected chi connectivity index (χ1v) is 5.90. The van der Waals surface area contributed by atoms with Crippen molar-refractivity contribution in [3.63, 3.8) is 0 Å². The summed E-state index contributed by atoms with van der Waals surface area (Å²) in [5.41, 5.74) is 3.89. The minimum Gasteiger partial charge on any atom is -0.460 e. The summed E-state index contributed by atoms with van der Waals surface area (Å²) in [4.78, 5) is 3.97. The van der Waals surface area contributed by atoms with Gasteiger partial charge in [-0.2, -0.15) is 0 Å². The number of aliphatic hydroxyl groups excluding tert-OH is 1. The van der Waals surface area contributed by atoms with Crippen molar-refractivity contribution >= 4 is 0 Å². The SMILES string of the molecule is Cc1cc(C)c(OC(O)c2cccnc2)c(C)c1. The number of aryl methyl sites for hydroxylation is 3. The predicted octanol–water partition coefficient (Wildman–Crippen LogP) is 3.08. The van der Waals surface area contributed by atoms with Crippen molar-refractivity contribution in [1.82, 2.24) is 4.98 Å². The normalized spacial score (nSPS) is 12.2. The zero-order valence-electron chi connectivity index (χ0n) is 10.8. The molecule has 2 aromatic rings. The molecule has 1 heterocycles. The summed E-state index contributed by atoms with van der Waals surface area (Å²) >= 11 is 0. The molecule has 18 heavy (non-hydrogen) atoms. The Hall–Kier alpha value is -1.87. The maximum atomic E-state index is 10.0. The fourth-order valence-electron chi connectivity index (χ4n) is 2.05. The molecule has 1 aromatic carbocycles. The van der Waals surface area contributed by atoms with Gasteiger partial charge in [0.1, 0.15) is 5.75 Å². The fraction of sp³-hybridized carbons (Fsp3) is 0.267. The van der Waals surface area contributed by atoms with Gasteiger partial charge in [0.2, 0.25) is 6.29 Å². The monoisotopic (exact) mass is 243 g/mol. The van der Waals surface area contributed by atoms with E-state index in [1.54, 1.807) is 24.5 Å². The Balaban J connectivity index is 2.25. The number of aromatic nitrogens is 1. The van der Waals surface area contributed by atoms with Crippen LogP contribution in [0.5, 0.6) is 5.75 Å². The van der Waals surface area contributed by atoms with Gasteiger partial charge in [-0.3, -0.25) is 4.98 Å². The summed E-state index contributed by atoms with van der Waals surface area (Å²) in [5, 5.41) is 10.0. The molecule has 0 spiro atoms. The van der Waals surface area contributed by atoms with Crippen LogP contribution in [0.2, 0.25) is 0 Å². The Bertz CT molecular complexity index is 514. The highest BCUT2D eigenvalue weighted by atomic mass is 16.6. The lowest BCUT2D eigenvalue weighted by atomic mass is 10.1. The number of ether oxygens (including phenoxy) is 1. The van der Waals surface area contributed by atoms with E-state index in [2.05, 4.69) is 4.98 Å². The number of hydrogen-bond donors (Lipinski definition) is 1. The van der Waals surface area contributed by atoms with Crippen molar-refractivity contribution in [2.24, 2.45) is 0 Å². The topological polar surface area (TPSA) is 42.4 Å². The summed E-state index contributed by atoms with van der Waals surface area (Å²) in [6, 6.07) is 7.64.